The van der Waals surface area contributed by atoms with E-state index in [1.165, 1.54) is 18.2 Å². The molecule has 0 atom stereocenters. The van der Waals surface area contributed by atoms with Crippen molar-refractivity contribution in [2.24, 2.45) is 5.41 Å². The molecule has 114 valence electrons. The summed E-state index contributed by atoms with van der Waals surface area (Å²) in [5.74, 6) is 0.402. The molecule has 0 aliphatic heterocycles. The smallest absolute Gasteiger partial charge is 0.211 e. The van der Waals surface area contributed by atoms with Crippen LogP contribution in [-0.4, -0.2) is 20.8 Å². The van der Waals surface area contributed by atoms with Crippen LogP contribution in [0.25, 0.3) is 0 Å². The van der Waals surface area contributed by atoms with Gasteiger partial charge in [-0.1, -0.05) is 37.0 Å². The first-order chi connectivity index (χ1) is 9.28. The summed E-state index contributed by atoms with van der Waals surface area (Å²) >= 11 is 17.6. The van der Waals surface area contributed by atoms with Crippen LogP contribution in [0.5, 0.6) is 0 Å². The molecule has 0 spiro atoms. The minimum Gasteiger partial charge on any atom is -0.211 e. The van der Waals surface area contributed by atoms with E-state index in [2.05, 4.69) is 4.72 Å². The summed E-state index contributed by atoms with van der Waals surface area (Å²) in [6.07, 6.45) is 1.59. The van der Waals surface area contributed by atoms with Crippen LogP contribution in [-0.2, 0) is 10.0 Å². The zero-order valence-corrected chi connectivity index (χ0v) is 14.5. The highest BCUT2D eigenvalue weighted by atomic mass is 35.5. The van der Waals surface area contributed by atoms with Gasteiger partial charge in [0.1, 0.15) is 0 Å². The summed E-state index contributed by atoms with van der Waals surface area (Å²) in [5.41, 5.74) is -0.239. The average molecular weight is 359 g/mol. The molecule has 0 saturated carbocycles. The van der Waals surface area contributed by atoms with E-state index >= 15 is 0 Å². The summed E-state index contributed by atoms with van der Waals surface area (Å²) in [5, 5.41) is 0.569. The maximum atomic E-state index is 12.3. The molecule has 1 aromatic carbocycles. The predicted octanol–water partition coefficient (Wildman–Crippen LogP) is 4.32. The van der Waals surface area contributed by atoms with Crippen LogP contribution in [0.1, 0.15) is 26.7 Å². The standard InChI is InChI=1S/C13H18Cl3NO2S/c1-3-13(4-2,8-14)9-17-20(18,19)12-6-10(15)5-11(16)7-12/h5-7,17H,3-4,8-9H2,1-2H3. The van der Waals surface area contributed by atoms with Gasteiger partial charge in [-0.15, -0.1) is 11.6 Å². The highest BCUT2D eigenvalue weighted by molar-refractivity contribution is 7.89. The Morgan fingerprint density at radius 3 is 2.00 bits per heavy atom. The fraction of sp³-hybridized carbons (Fsp3) is 0.538. The Morgan fingerprint density at radius 1 is 1.10 bits per heavy atom. The Labute approximate surface area is 135 Å². The van der Waals surface area contributed by atoms with Crippen LogP contribution in [0.2, 0.25) is 10.0 Å². The lowest BCUT2D eigenvalue weighted by molar-refractivity contribution is 0.304. The maximum absolute atomic E-state index is 12.3. The van der Waals surface area contributed by atoms with Crippen molar-refractivity contribution in [2.75, 3.05) is 12.4 Å². The van der Waals surface area contributed by atoms with Gasteiger partial charge in [0.15, 0.2) is 0 Å². The molecule has 0 aliphatic rings. The molecule has 1 rings (SSSR count). The second-order valence-electron chi connectivity index (χ2n) is 4.77. The summed E-state index contributed by atoms with van der Waals surface area (Å²) in [6, 6.07) is 4.23. The molecule has 3 nitrogen and oxygen atoms in total. The molecule has 1 aromatic rings. The third-order valence-corrected chi connectivity index (χ3v) is 5.95. The molecule has 20 heavy (non-hydrogen) atoms. The topological polar surface area (TPSA) is 46.2 Å². The molecule has 0 unspecified atom stereocenters. The van der Waals surface area contributed by atoms with Gasteiger partial charge in [-0.3, -0.25) is 0 Å². The first-order valence-corrected chi connectivity index (χ1v) is 9.07. The number of hydrogen-bond acceptors (Lipinski definition) is 2. The van der Waals surface area contributed by atoms with Gasteiger partial charge in [0.25, 0.3) is 0 Å². The molecule has 0 radical (unpaired) electrons. The van der Waals surface area contributed by atoms with Gasteiger partial charge in [-0.05, 0) is 36.5 Å². The van der Waals surface area contributed by atoms with Crippen molar-refractivity contribution in [1.82, 2.24) is 4.72 Å². The maximum Gasteiger partial charge on any atom is 0.240 e. The second kappa shape index (κ2) is 7.32. The zero-order valence-electron chi connectivity index (χ0n) is 11.4. The van der Waals surface area contributed by atoms with Crippen molar-refractivity contribution in [3.8, 4) is 0 Å². The Balaban J connectivity index is 2.95. The van der Waals surface area contributed by atoms with Gasteiger partial charge in [-0.2, -0.15) is 0 Å². The summed E-state index contributed by atoms with van der Waals surface area (Å²) < 4.78 is 27.1. The van der Waals surface area contributed by atoms with Crippen LogP contribution in [0, 0.1) is 5.41 Å². The van der Waals surface area contributed by atoms with Crippen molar-refractivity contribution < 1.29 is 8.42 Å². The number of halogens is 3. The molecule has 0 heterocycles. The molecule has 0 amide bonds. The number of alkyl halides is 1. The fourth-order valence-corrected chi connectivity index (χ4v) is 4.11. The number of nitrogens with one attached hydrogen (secondary N) is 1. The van der Waals surface area contributed by atoms with Crippen LogP contribution in [0.4, 0.5) is 0 Å². The van der Waals surface area contributed by atoms with Gasteiger partial charge < -0.3 is 0 Å². The Bertz CT molecular complexity index is 528. The normalized spacial score (nSPS) is 12.7. The molecular formula is C13H18Cl3NO2S. The molecule has 0 bridgehead atoms. The Morgan fingerprint density at radius 2 is 1.60 bits per heavy atom. The number of hydrogen-bond donors (Lipinski definition) is 1. The van der Waals surface area contributed by atoms with Crippen LogP contribution in [0.3, 0.4) is 0 Å². The van der Waals surface area contributed by atoms with E-state index in [1.807, 2.05) is 13.8 Å². The van der Waals surface area contributed by atoms with Gasteiger partial charge in [0.05, 0.1) is 4.90 Å². The third kappa shape index (κ3) is 4.50. The van der Waals surface area contributed by atoms with E-state index in [9.17, 15) is 8.42 Å². The average Bonchev–Trinajstić information content (AvgIpc) is 2.40. The summed E-state index contributed by atoms with van der Waals surface area (Å²) in [7, 11) is -3.65. The summed E-state index contributed by atoms with van der Waals surface area (Å²) in [6.45, 7) is 4.28. The van der Waals surface area contributed by atoms with E-state index in [0.29, 0.717) is 5.88 Å². The van der Waals surface area contributed by atoms with E-state index in [4.69, 9.17) is 34.8 Å². The van der Waals surface area contributed by atoms with E-state index in [1.54, 1.807) is 0 Å². The molecule has 0 fully saturated rings. The van der Waals surface area contributed by atoms with Crippen molar-refractivity contribution in [1.29, 1.82) is 0 Å². The molecular weight excluding hydrogens is 341 g/mol. The predicted molar refractivity (Wildman–Crippen MR) is 85.4 cm³/mol. The van der Waals surface area contributed by atoms with Crippen LogP contribution >= 0.6 is 34.8 Å². The summed E-state index contributed by atoms with van der Waals surface area (Å²) in [4.78, 5) is 0.0608. The SMILES string of the molecule is CCC(CC)(CCl)CNS(=O)(=O)c1cc(Cl)cc(Cl)c1. The number of benzene rings is 1. The van der Waals surface area contributed by atoms with Crippen molar-refractivity contribution in [3.05, 3.63) is 28.2 Å². The molecule has 0 aliphatic carbocycles. The van der Waals surface area contributed by atoms with Crippen molar-refractivity contribution >= 4 is 44.8 Å². The minimum absolute atomic E-state index is 0.0608. The van der Waals surface area contributed by atoms with E-state index in [0.717, 1.165) is 12.8 Å². The lowest BCUT2D eigenvalue weighted by atomic mass is 9.85. The number of sulfonamides is 1. The van der Waals surface area contributed by atoms with Crippen molar-refractivity contribution in [3.63, 3.8) is 0 Å². The monoisotopic (exact) mass is 357 g/mol. The zero-order chi connectivity index (χ0) is 15.4. The highest BCUT2D eigenvalue weighted by Gasteiger charge is 2.27. The van der Waals surface area contributed by atoms with Gasteiger partial charge >= 0.3 is 0 Å². The second-order valence-corrected chi connectivity index (χ2v) is 7.68. The third-order valence-electron chi connectivity index (χ3n) is 3.57. The van der Waals surface area contributed by atoms with Crippen LogP contribution in [0.15, 0.2) is 23.1 Å². The Kier molecular flexibility index (Phi) is 6.61. The number of rotatable bonds is 7. The quantitative estimate of drug-likeness (QED) is 0.738. The lowest BCUT2D eigenvalue weighted by Gasteiger charge is -2.29. The largest absolute Gasteiger partial charge is 0.240 e. The fourth-order valence-electron chi connectivity index (χ4n) is 1.75. The van der Waals surface area contributed by atoms with Crippen molar-refractivity contribution in [2.45, 2.75) is 31.6 Å². The van der Waals surface area contributed by atoms with Gasteiger partial charge in [-0.25, -0.2) is 13.1 Å². The van der Waals surface area contributed by atoms with Gasteiger partial charge in [0, 0.05) is 22.5 Å². The minimum atomic E-state index is -3.65. The molecule has 7 heteroatoms. The molecule has 1 N–H and O–H groups in total. The first-order valence-electron chi connectivity index (χ1n) is 6.30. The lowest BCUT2D eigenvalue weighted by Crippen LogP contribution is -2.38. The van der Waals surface area contributed by atoms with E-state index < -0.39 is 10.0 Å². The molecule has 0 saturated heterocycles. The molecule has 0 aromatic heterocycles. The Hall–Kier alpha value is -0.000000000000000111. The van der Waals surface area contributed by atoms with Crippen LogP contribution < -0.4 is 4.72 Å². The highest BCUT2D eigenvalue weighted by Crippen LogP contribution is 2.28. The van der Waals surface area contributed by atoms with Gasteiger partial charge in [0.2, 0.25) is 10.0 Å². The first kappa shape index (κ1) is 18.1. The van der Waals surface area contributed by atoms with E-state index in [-0.39, 0.29) is 26.9 Å².